The average Bonchev–Trinajstić information content (AvgIpc) is 2.39. The average molecular weight is 280 g/mol. The first-order valence-corrected chi connectivity index (χ1v) is 9.01. The van der Waals surface area contributed by atoms with E-state index >= 15 is 0 Å². The quantitative estimate of drug-likeness (QED) is 0.817. The summed E-state index contributed by atoms with van der Waals surface area (Å²) in [5, 5.41) is 3.95. The van der Waals surface area contributed by atoms with Crippen molar-refractivity contribution >= 4 is 0 Å². The summed E-state index contributed by atoms with van der Waals surface area (Å²) < 4.78 is 0. The van der Waals surface area contributed by atoms with Crippen LogP contribution in [0, 0.1) is 11.8 Å². The highest BCUT2D eigenvalue weighted by Crippen LogP contribution is 2.33. The molecule has 1 unspecified atom stereocenters. The summed E-state index contributed by atoms with van der Waals surface area (Å²) in [5.41, 5.74) is 0.460. The zero-order chi connectivity index (χ0) is 14.6. The van der Waals surface area contributed by atoms with Crippen LogP contribution in [0.5, 0.6) is 0 Å². The van der Waals surface area contributed by atoms with E-state index in [1.54, 1.807) is 0 Å². The van der Waals surface area contributed by atoms with Crippen molar-refractivity contribution in [2.24, 2.45) is 11.8 Å². The predicted octanol–water partition coefficient (Wildman–Crippen LogP) is 4.06. The molecule has 1 saturated heterocycles. The molecular formula is C18H36N2. The van der Waals surface area contributed by atoms with E-state index in [1.165, 1.54) is 64.6 Å². The highest BCUT2D eigenvalue weighted by Gasteiger charge is 2.40. The second kappa shape index (κ2) is 7.26. The lowest BCUT2D eigenvalue weighted by molar-refractivity contribution is 0.0349. The van der Waals surface area contributed by atoms with Gasteiger partial charge in [-0.25, -0.2) is 0 Å². The van der Waals surface area contributed by atoms with Gasteiger partial charge in [0.2, 0.25) is 0 Å². The molecule has 2 heteroatoms. The molecule has 1 aliphatic carbocycles. The molecule has 1 N–H and O–H groups in total. The molecule has 20 heavy (non-hydrogen) atoms. The number of nitrogens with zero attached hydrogens (tertiary/aromatic N) is 1. The van der Waals surface area contributed by atoms with Crippen molar-refractivity contribution in [1.29, 1.82) is 0 Å². The first-order valence-electron chi connectivity index (χ1n) is 9.01. The van der Waals surface area contributed by atoms with Gasteiger partial charge < -0.3 is 5.32 Å². The fourth-order valence-corrected chi connectivity index (χ4v) is 4.18. The molecule has 0 aromatic carbocycles. The second-order valence-electron chi connectivity index (χ2n) is 8.04. The Morgan fingerprint density at radius 3 is 2.40 bits per heavy atom. The molecule has 2 fully saturated rings. The monoisotopic (exact) mass is 280 g/mol. The topological polar surface area (TPSA) is 15.3 Å². The Balaban J connectivity index is 1.94. The fraction of sp³-hybridized carbons (Fsp3) is 1.00. The SMILES string of the molecule is CC(C)CCCN1CC2(CCCCC2)NCC1C(C)C. The van der Waals surface area contributed by atoms with Crippen molar-refractivity contribution in [3.8, 4) is 0 Å². The Labute approximate surface area is 126 Å². The van der Waals surface area contributed by atoms with Gasteiger partial charge in [0, 0.05) is 24.7 Å². The summed E-state index contributed by atoms with van der Waals surface area (Å²) in [5.74, 6) is 1.61. The van der Waals surface area contributed by atoms with Gasteiger partial charge in [0.1, 0.15) is 0 Å². The fourth-order valence-electron chi connectivity index (χ4n) is 4.18. The molecule has 1 spiro atoms. The largest absolute Gasteiger partial charge is 0.308 e. The van der Waals surface area contributed by atoms with Gasteiger partial charge in [-0.3, -0.25) is 4.90 Å². The molecular weight excluding hydrogens is 244 g/mol. The normalized spacial score (nSPS) is 27.6. The third-order valence-electron chi connectivity index (χ3n) is 5.47. The number of rotatable bonds is 5. The van der Waals surface area contributed by atoms with Crippen molar-refractivity contribution in [1.82, 2.24) is 10.2 Å². The lowest BCUT2D eigenvalue weighted by Gasteiger charge is -2.51. The zero-order valence-electron chi connectivity index (χ0n) is 14.3. The van der Waals surface area contributed by atoms with Crippen molar-refractivity contribution < 1.29 is 0 Å². The summed E-state index contributed by atoms with van der Waals surface area (Å²) in [7, 11) is 0. The molecule has 1 saturated carbocycles. The van der Waals surface area contributed by atoms with E-state index in [0.29, 0.717) is 5.54 Å². The molecule has 0 aromatic rings. The maximum absolute atomic E-state index is 3.95. The zero-order valence-corrected chi connectivity index (χ0v) is 14.3. The van der Waals surface area contributed by atoms with Crippen LogP contribution in [-0.2, 0) is 0 Å². The molecule has 2 aliphatic rings. The van der Waals surface area contributed by atoms with Crippen molar-refractivity contribution in [3.63, 3.8) is 0 Å². The van der Waals surface area contributed by atoms with Crippen molar-refractivity contribution in [2.75, 3.05) is 19.6 Å². The Kier molecular flexibility index (Phi) is 5.92. The summed E-state index contributed by atoms with van der Waals surface area (Å²) in [6.07, 6.45) is 9.86. The third-order valence-corrected chi connectivity index (χ3v) is 5.47. The van der Waals surface area contributed by atoms with Gasteiger partial charge in [-0.2, -0.15) is 0 Å². The van der Waals surface area contributed by atoms with Gasteiger partial charge in [-0.1, -0.05) is 47.0 Å². The minimum atomic E-state index is 0.460. The smallest absolute Gasteiger partial charge is 0.0309 e. The van der Waals surface area contributed by atoms with Crippen LogP contribution in [0.15, 0.2) is 0 Å². The van der Waals surface area contributed by atoms with Crippen LogP contribution in [0.4, 0.5) is 0 Å². The number of hydrogen-bond acceptors (Lipinski definition) is 2. The number of nitrogens with one attached hydrogen (secondary N) is 1. The van der Waals surface area contributed by atoms with Gasteiger partial charge in [0.15, 0.2) is 0 Å². The number of piperazine rings is 1. The second-order valence-corrected chi connectivity index (χ2v) is 8.04. The van der Waals surface area contributed by atoms with E-state index in [4.69, 9.17) is 0 Å². The van der Waals surface area contributed by atoms with Crippen LogP contribution in [-0.4, -0.2) is 36.1 Å². The predicted molar refractivity (Wildman–Crippen MR) is 88.1 cm³/mol. The molecule has 0 aromatic heterocycles. The molecule has 0 amide bonds. The van der Waals surface area contributed by atoms with E-state index in [0.717, 1.165) is 17.9 Å². The van der Waals surface area contributed by atoms with Gasteiger partial charge in [0.25, 0.3) is 0 Å². The first kappa shape index (κ1) is 16.3. The lowest BCUT2D eigenvalue weighted by atomic mass is 9.78. The lowest BCUT2D eigenvalue weighted by Crippen LogP contribution is -2.65. The van der Waals surface area contributed by atoms with Crippen LogP contribution < -0.4 is 5.32 Å². The first-order chi connectivity index (χ1) is 9.52. The van der Waals surface area contributed by atoms with Gasteiger partial charge in [0.05, 0.1) is 0 Å². The number of hydrogen-bond donors (Lipinski definition) is 1. The van der Waals surface area contributed by atoms with E-state index in [1.807, 2.05) is 0 Å². The summed E-state index contributed by atoms with van der Waals surface area (Å²) >= 11 is 0. The summed E-state index contributed by atoms with van der Waals surface area (Å²) in [4.78, 5) is 2.83. The maximum atomic E-state index is 3.95. The van der Waals surface area contributed by atoms with Crippen molar-refractivity contribution in [3.05, 3.63) is 0 Å². The Bertz CT molecular complexity index is 279. The molecule has 1 aliphatic heterocycles. The van der Waals surface area contributed by atoms with Crippen LogP contribution in [0.3, 0.4) is 0 Å². The van der Waals surface area contributed by atoms with Gasteiger partial charge >= 0.3 is 0 Å². The molecule has 1 atom stereocenters. The van der Waals surface area contributed by atoms with Crippen LogP contribution in [0.2, 0.25) is 0 Å². The highest BCUT2D eigenvalue weighted by atomic mass is 15.3. The standard InChI is InChI=1S/C18H36N2/c1-15(2)9-8-12-20-14-18(10-6-5-7-11-18)19-13-17(20)16(3)4/h15-17,19H,5-14H2,1-4H3. The van der Waals surface area contributed by atoms with Crippen molar-refractivity contribution in [2.45, 2.75) is 84.2 Å². The summed E-state index contributed by atoms with van der Waals surface area (Å²) in [6.45, 7) is 13.3. The Hall–Kier alpha value is -0.0800. The minimum Gasteiger partial charge on any atom is -0.308 e. The van der Waals surface area contributed by atoms with E-state index in [2.05, 4.69) is 37.9 Å². The molecule has 0 bridgehead atoms. The molecule has 0 radical (unpaired) electrons. The Morgan fingerprint density at radius 1 is 1.10 bits per heavy atom. The highest BCUT2D eigenvalue weighted by molar-refractivity contribution is 5.00. The minimum absolute atomic E-state index is 0.460. The van der Waals surface area contributed by atoms with Crippen LogP contribution in [0.25, 0.3) is 0 Å². The third kappa shape index (κ3) is 4.21. The van der Waals surface area contributed by atoms with E-state index in [9.17, 15) is 0 Å². The Morgan fingerprint density at radius 2 is 1.80 bits per heavy atom. The van der Waals surface area contributed by atoms with Gasteiger partial charge in [-0.15, -0.1) is 0 Å². The molecule has 2 nitrogen and oxygen atoms in total. The summed E-state index contributed by atoms with van der Waals surface area (Å²) in [6, 6.07) is 0.745. The maximum Gasteiger partial charge on any atom is 0.0309 e. The van der Waals surface area contributed by atoms with E-state index < -0.39 is 0 Å². The molecule has 2 rings (SSSR count). The van der Waals surface area contributed by atoms with Gasteiger partial charge in [-0.05, 0) is 44.1 Å². The van der Waals surface area contributed by atoms with Crippen LogP contribution in [0.1, 0.15) is 72.6 Å². The molecule has 118 valence electrons. The van der Waals surface area contributed by atoms with Crippen LogP contribution >= 0.6 is 0 Å². The molecule has 1 heterocycles. The van der Waals surface area contributed by atoms with E-state index in [-0.39, 0.29) is 0 Å².